The number of rotatable bonds is 5. The monoisotopic (exact) mass is 484 g/mol. The lowest BCUT2D eigenvalue weighted by atomic mass is 10.0. The summed E-state index contributed by atoms with van der Waals surface area (Å²) in [6.07, 6.45) is 3.30. The Hall–Kier alpha value is -3.49. The summed E-state index contributed by atoms with van der Waals surface area (Å²) in [6.45, 7) is 6.67. The molecule has 2 N–H and O–H groups in total. The van der Waals surface area contributed by atoms with E-state index < -0.39 is 0 Å². The van der Waals surface area contributed by atoms with E-state index in [-0.39, 0.29) is 6.03 Å². The van der Waals surface area contributed by atoms with Crippen LogP contribution in [0.25, 0.3) is 11.4 Å². The molecular weight excluding hydrogens is 452 g/mol. The third kappa shape index (κ3) is 4.54. The Morgan fingerprint density at radius 3 is 2.36 bits per heavy atom. The largest absolute Gasteiger partial charge is 0.377 e. The number of amides is 2. The molecule has 8 nitrogen and oxygen atoms in total. The molecule has 4 heterocycles. The molecule has 186 valence electrons. The Kier molecular flexibility index (Phi) is 6.29. The van der Waals surface area contributed by atoms with Crippen LogP contribution in [0.15, 0.2) is 54.6 Å². The molecule has 2 saturated heterocycles. The molecule has 2 bridgehead atoms. The number of fused-ring (bicyclic) bond motifs is 3. The number of urea groups is 1. The summed E-state index contributed by atoms with van der Waals surface area (Å²) in [4.78, 5) is 27.5. The second-order valence-corrected chi connectivity index (χ2v) is 9.77. The van der Waals surface area contributed by atoms with Gasteiger partial charge in [-0.05, 0) is 62.2 Å². The van der Waals surface area contributed by atoms with Gasteiger partial charge >= 0.3 is 6.03 Å². The predicted octanol–water partition coefficient (Wildman–Crippen LogP) is 4.53. The van der Waals surface area contributed by atoms with Gasteiger partial charge in [0, 0.05) is 35.6 Å². The Morgan fingerprint density at radius 2 is 1.67 bits per heavy atom. The van der Waals surface area contributed by atoms with Gasteiger partial charge in [-0.3, -0.25) is 4.90 Å². The first-order valence-electron chi connectivity index (χ1n) is 12.9. The highest BCUT2D eigenvalue weighted by Crippen LogP contribution is 2.38. The molecule has 3 aliphatic heterocycles. The molecule has 2 unspecified atom stereocenters. The SMILES string of the molecule is CCN1CCc2c(nc(-c3ccc(NC(=O)Nc4ccccc4)cc3)nc2N2C3CCC2COC3)C1. The van der Waals surface area contributed by atoms with Crippen LogP contribution in [0.4, 0.5) is 22.0 Å². The fourth-order valence-corrected chi connectivity index (χ4v) is 5.57. The van der Waals surface area contributed by atoms with Crippen molar-refractivity contribution in [1.82, 2.24) is 14.9 Å². The summed E-state index contributed by atoms with van der Waals surface area (Å²) in [7, 11) is 0. The zero-order valence-electron chi connectivity index (χ0n) is 20.6. The first-order valence-corrected chi connectivity index (χ1v) is 12.9. The lowest BCUT2D eigenvalue weighted by Crippen LogP contribution is -2.47. The molecule has 2 fully saturated rings. The Labute approximate surface area is 211 Å². The van der Waals surface area contributed by atoms with Crippen molar-refractivity contribution in [3.8, 4) is 11.4 Å². The van der Waals surface area contributed by atoms with Crippen molar-refractivity contribution in [3.63, 3.8) is 0 Å². The molecule has 6 rings (SSSR count). The van der Waals surface area contributed by atoms with Crippen molar-refractivity contribution < 1.29 is 9.53 Å². The van der Waals surface area contributed by atoms with Crippen molar-refractivity contribution in [2.24, 2.45) is 0 Å². The number of aromatic nitrogens is 2. The van der Waals surface area contributed by atoms with E-state index in [4.69, 9.17) is 14.7 Å². The van der Waals surface area contributed by atoms with E-state index in [0.29, 0.717) is 17.8 Å². The van der Waals surface area contributed by atoms with Crippen LogP contribution in [-0.4, -0.2) is 59.3 Å². The zero-order valence-corrected chi connectivity index (χ0v) is 20.6. The van der Waals surface area contributed by atoms with Gasteiger partial charge in [0.05, 0.1) is 31.0 Å². The standard InChI is InChI=1S/C28H32N6O2/c1-2-33-15-14-24-25(16-33)31-26(32-27(24)34-22-12-13-23(34)18-36-17-22)19-8-10-21(11-9-19)30-28(35)29-20-6-4-3-5-7-20/h3-11,22-23H,2,12-18H2,1H3,(H2,29,30,35). The summed E-state index contributed by atoms with van der Waals surface area (Å²) in [6, 6.07) is 17.7. The van der Waals surface area contributed by atoms with Crippen molar-refractivity contribution >= 4 is 23.2 Å². The molecule has 36 heavy (non-hydrogen) atoms. The first kappa shape index (κ1) is 22.9. The van der Waals surface area contributed by atoms with Crippen LogP contribution in [0.3, 0.4) is 0 Å². The van der Waals surface area contributed by atoms with Crippen LogP contribution in [0.1, 0.15) is 31.0 Å². The van der Waals surface area contributed by atoms with E-state index in [1.165, 1.54) is 5.56 Å². The molecule has 0 spiro atoms. The molecule has 3 aromatic rings. The summed E-state index contributed by atoms with van der Waals surface area (Å²) in [5.41, 5.74) is 4.85. The lowest BCUT2D eigenvalue weighted by molar-refractivity contribution is 0.0900. The van der Waals surface area contributed by atoms with Crippen LogP contribution < -0.4 is 15.5 Å². The summed E-state index contributed by atoms with van der Waals surface area (Å²) in [5.74, 6) is 1.85. The number of carbonyl (C=O) groups is 1. The van der Waals surface area contributed by atoms with E-state index in [9.17, 15) is 4.79 Å². The molecule has 2 amide bonds. The molecule has 0 radical (unpaired) electrons. The highest BCUT2D eigenvalue weighted by atomic mass is 16.5. The number of anilines is 3. The van der Waals surface area contributed by atoms with Crippen molar-refractivity contribution in [2.75, 3.05) is 41.8 Å². The third-order valence-electron chi connectivity index (χ3n) is 7.49. The molecular formula is C28H32N6O2. The highest BCUT2D eigenvalue weighted by Gasteiger charge is 2.40. The Bertz CT molecular complexity index is 1220. The summed E-state index contributed by atoms with van der Waals surface area (Å²) >= 11 is 0. The van der Waals surface area contributed by atoms with Gasteiger partial charge in [-0.15, -0.1) is 0 Å². The van der Waals surface area contributed by atoms with Crippen molar-refractivity contribution in [1.29, 1.82) is 0 Å². The van der Waals surface area contributed by atoms with E-state index in [0.717, 1.165) is 80.7 Å². The van der Waals surface area contributed by atoms with E-state index >= 15 is 0 Å². The number of para-hydroxylation sites is 1. The quantitative estimate of drug-likeness (QED) is 0.554. The van der Waals surface area contributed by atoms with Crippen molar-refractivity contribution in [2.45, 2.75) is 44.8 Å². The maximum Gasteiger partial charge on any atom is 0.323 e. The lowest BCUT2D eigenvalue weighted by Gasteiger charge is -2.38. The average molecular weight is 485 g/mol. The molecule has 0 saturated carbocycles. The van der Waals surface area contributed by atoms with Gasteiger partial charge < -0.3 is 20.3 Å². The Balaban J connectivity index is 1.27. The topological polar surface area (TPSA) is 82.6 Å². The number of hydrogen-bond acceptors (Lipinski definition) is 6. The van der Waals surface area contributed by atoms with Crippen LogP contribution in [-0.2, 0) is 17.7 Å². The number of ether oxygens (including phenoxy) is 1. The molecule has 0 aliphatic carbocycles. The highest BCUT2D eigenvalue weighted by molar-refractivity contribution is 5.99. The number of nitrogens with one attached hydrogen (secondary N) is 2. The number of nitrogens with zero attached hydrogens (tertiary/aromatic N) is 4. The summed E-state index contributed by atoms with van der Waals surface area (Å²) < 4.78 is 5.85. The van der Waals surface area contributed by atoms with Crippen LogP contribution >= 0.6 is 0 Å². The van der Waals surface area contributed by atoms with Gasteiger partial charge in [0.25, 0.3) is 0 Å². The summed E-state index contributed by atoms with van der Waals surface area (Å²) in [5, 5.41) is 5.74. The zero-order chi connectivity index (χ0) is 24.5. The maximum absolute atomic E-state index is 12.4. The average Bonchev–Trinajstić information content (AvgIpc) is 3.15. The van der Waals surface area contributed by atoms with E-state index in [2.05, 4.69) is 27.4 Å². The number of benzene rings is 2. The molecule has 2 aromatic carbocycles. The predicted molar refractivity (Wildman–Crippen MR) is 141 cm³/mol. The van der Waals surface area contributed by atoms with E-state index in [1.54, 1.807) is 0 Å². The minimum Gasteiger partial charge on any atom is -0.377 e. The molecule has 8 heteroatoms. The number of likely N-dealkylation sites (N-methyl/N-ethyl adjacent to an activating group) is 1. The molecule has 3 aliphatic rings. The smallest absolute Gasteiger partial charge is 0.323 e. The second kappa shape index (κ2) is 9.87. The van der Waals surface area contributed by atoms with Gasteiger partial charge in [0.1, 0.15) is 5.82 Å². The van der Waals surface area contributed by atoms with Crippen LogP contribution in [0.5, 0.6) is 0 Å². The van der Waals surface area contributed by atoms with Crippen molar-refractivity contribution in [3.05, 3.63) is 65.9 Å². The van der Waals surface area contributed by atoms with Gasteiger partial charge in [-0.2, -0.15) is 0 Å². The van der Waals surface area contributed by atoms with Crippen LogP contribution in [0, 0.1) is 0 Å². The number of morpholine rings is 1. The second-order valence-electron chi connectivity index (χ2n) is 9.77. The Morgan fingerprint density at radius 1 is 0.972 bits per heavy atom. The first-order chi connectivity index (χ1) is 17.7. The van der Waals surface area contributed by atoms with Gasteiger partial charge in [0.15, 0.2) is 5.82 Å². The number of hydrogen-bond donors (Lipinski definition) is 2. The van der Waals surface area contributed by atoms with E-state index in [1.807, 2.05) is 54.6 Å². The third-order valence-corrected chi connectivity index (χ3v) is 7.49. The fourth-order valence-electron chi connectivity index (χ4n) is 5.57. The maximum atomic E-state index is 12.4. The normalized spacial score (nSPS) is 21.2. The van der Waals surface area contributed by atoms with Gasteiger partial charge in [-0.25, -0.2) is 14.8 Å². The minimum atomic E-state index is -0.274. The minimum absolute atomic E-state index is 0.274. The van der Waals surface area contributed by atoms with Gasteiger partial charge in [-0.1, -0.05) is 25.1 Å². The number of carbonyl (C=O) groups excluding carboxylic acids is 1. The van der Waals surface area contributed by atoms with Crippen LogP contribution in [0.2, 0.25) is 0 Å². The molecule has 2 atom stereocenters. The fraction of sp³-hybridized carbons (Fsp3) is 0.393. The van der Waals surface area contributed by atoms with Gasteiger partial charge in [0.2, 0.25) is 0 Å². The molecule has 1 aromatic heterocycles.